The van der Waals surface area contributed by atoms with Crippen LogP contribution in [0.1, 0.15) is 137 Å². The summed E-state index contributed by atoms with van der Waals surface area (Å²) in [5, 5.41) is 3.71. The van der Waals surface area contributed by atoms with Gasteiger partial charge < -0.3 is 4.74 Å². The average Bonchev–Trinajstić information content (AvgIpc) is 3.10. The summed E-state index contributed by atoms with van der Waals surface area (Å²) < 4.78 is 5.55. The van der Waals surface area contributed by atoms with Crippen molar-refractivity contribution in [1.29, 1.82) is 0 Å². The molecule has 0 spiro atoms. The molecule has 0 aliphatic carbocycles. The number of rotatable bonds is 22. The molecular formula is C42H54O3S2. The van der Waals surface area contributed by atoms with Crippen LogP contribution in [0, 0.1) is 0 Å². The van der Waals surface area contributed by atoms with Crippen LogP contribution in [0.15, 0.2) is 82.6 Å². The molecule has 0 radical (unpaired) electrons. The van der Waals surface area contributed by atoms with Crippen LogP contribution in [0.25, 0.3) is 21.5 Å². The zero-order chi connectivity index (χ0) is 33.1. The number of hydrogen-bond acceptors (Lipinski definition) is 5. The third kappa shape index (κ3) is 11.7. The fourth-order valence-corrected chi connectivity index (χ4v) is 8.31. The summed E-state index contributed by atoms with van der Waals surface area (Å²) in [5.41, 5.74) is 0.847. The van der Waals surface area contributed by atoms with E-state index in [9.17, 15) is 9.59 Å². The van der Waals surface area contributed by atoms with Crippen LogP contribution < -0.4 is 0 Å². The number of hydrogen-bond donors (Lipinski definition) is 0. The van der Waals surface area contributed by atoms with E-state index in [0.29, 0.717) is 11.1 Å². The van der Waals surface area contributed by atoms with Gasteiger partial charge in [-0.25, -0.2) is 9.59 Å². The van der Waals surface area contributed by atoms with Crippen molar-refractivity contribution in [2.45, 2.75) is 126 Å². The summed E-state index contributed by atoms with van der Waals surface area (Å²) in [6.45, 7) is 4.52. The van der Waals surface area contributed by atoms with Gasteiger partial charge in [0.05, 0.1) is 11.1 Å². The van der Waals surface area contributed by atoms with Gasteiger partial charge in [0.15, 0.2) is 0 Å². The second-order valence-corrected chi connectivity index (χ2v) is 14.9. The molecule has 47 heavy (non-hydrogen) atoms. The van der Waals surface area contributed by atoms with E-state index in [1.165, 1.54) is 103 Å². The minimum atomic E-state index is -0.608. The van der Waals surface area contributed by atoms with E-state index >= 15 is 0 Å². The highest BCUT2D eigenvalue weighted by molar-refractivity contribution is 7.99. The predicted molar refractivity (Wildman–Crippen MR) is 204 cm³/mol. The van der Waals surface area contributed by atoms with E-state index in [4.69, 9.17) is 4.74 Å². The van der Waals surface area contributed by atoms with Crippen molar-refractivity contribution < 1.29 is 14.3 Å². The van der Waals surface area contributed by atoms with Crippen molar-refractivity contribution in [3.05, 3.63) is 83.9 Å². The maximum Gasteiger partial charge on any atom is 0.346 e. The molecule has 0 atom stereocenters. The van der Waals surface area contributed by atoms with Crippen LogP contribution >= 0.6 is 23.5 Å². The lowest BCUT2D eigenvalue weighted by atomic mass is 10.0. The fraction of sp³-hybridized carbons (Fsp3) is 0.476. The monoisotopic (exact) mass is 670 g/mol. The van der Waals surface area contributed by atoms with Gasteiger partial charge in [-0.05, 0) is 70.2 Å². The molecule has 0 saturated heterocycles. The van der Waals surface area contributed by atoms with Crippen LogP contribution in [0.3, 0.4) is 0 Å². The molecule has 0 aliphatic rings. The summed E-state index contributed by atoms with van der Waals surface area (Å²) in [4.78, 5) is 29.2. The molecular weight excluding hydrogens is 617 g/mol. The molecule has 5 heteroatoms. The third-order valence-corrected chi connectivity index (χ3v) is 11.2. The summed E-state index contributed by atoms with van der Waals surface area (Å²) in [5.74, 6) is 0.898. The average molecular weight is 671 g/mol. The Balaban J connectivity index is 1.34. The number of carbonyl (C=O) groups is 2. The van der Waals surface area contributed by atoms with Crippen LogP contribution in [-0.4, -0.2) is 23.4 Å². The Morgan fingerprint density at radius 3 is 1.17 bits per heavy atom. The van der Waals surface area contributed by atoms with Crippen LogP contribution in [0.5, 0.6) is 0 Å². The Hall–Kier alpha value is -2.76. The second-order valence-electron chi connectivity index (χ2n) is 12.6. The Bertz CT molecular complexity index is 1430. The number of esters is 2. The Morgan fingerprint density at radius 1 is 0.447 bits per heavy atom. The summed E-state index contributed by atoms with van der Waals surface area (Å²) >= 11 is 3.69. The lowest BCUT2D eigenvalue weighted by Gasteiger charge is -2.12. The van der Waals surface area contributed by atoms with Gasteiger partial charge in [-0.3, -0.25) is 0 Å². The van der Waals surface area contributed by atoms with Crippen LogP contribution in [0.2, 0.25) is 0 Å². The zero-order valence-electron chi connectivity index (χ0n) is 28.7. The molecule has 0 bridgehead atoms. The highest BCUT2D eigenvalue weighted by atomic mass is 32.2. The molecule has 0 amide bonds. The summed E-state index contributed by atoms with van der Waals surface area (Å²) in [6, 6.07) is 23.5. The molecule has 0 fully saturated rings. The van der Waals surface area contributed by atoms with Crippen LogP contribution in [0.4, 0.5) is 0 Å². The number of unbranched alkanes of at least 4 members (excludes halogenated alkanes) is 14. The molecule has 0 aromatic heterocycles. The lowest BCUT2D eigenvalue weighted by Crippen LogP contribution is -2.14. The van der Waals surface area contributed by atoms with E-state index < -0.39 is 11.9 Å². The van der Waals surface area contributed by atoms with Gasteiger partial charge in [0.1, 0.15) is 0 Å². The minimum absolute atomic E-state index is 0.423. The number of thioether (sulfide) groups is 2. The first-order valence-electron chi connectivity index (χ1n) is 18.2. The first-order chi connectivity index (χ1) is 23.1. The normalized spacial score (nSPS) is 11.4. The summed E-state index contributed by atoms with van der Waals surface area (Å²) in [7, 11) is 0. The first-order valence-corrected chi connectivity index (χ1v) is 20.2. The Morgan fingerprint density at radius 2 is 0.787 bits per heavy atom. The number of ether oxygens (including phenoxy) is 1. The topological polar surface area (TPSA) is 43.4 Å². The van der Waals surface area contributed by atoms with Crippen molar-refractivity contribution >= 4 is 57.0 Å². The van der Waals surface area contributed by atoms with Gasteiger partial charge in [-0.1, -0.05) is 152 Å². The SMILES string of the molecule is CCCCCCCCCCSc1ccc(C(=O)OC(=O)c2ccc(SCCCCCCCCCC)c3ccccc23)c2ccccc12. The predicted octanol–water partition coefficient (Wildman–Crippen LogP) is 13.5. The zero-order valence-corrected chi connectivity index (χ0v) is 30.3. The molecule has 3 nitrogen and oxygen atoms in total. The minimum Gasteiger partial charge on any atom is -0.386 e. The maximum atomic E-state index is 13.4. The van der Waals surface area contributed by atoms with E-state index in [2.05, 4.69) is 26.0 Å². The largest absolute Gasteiger partial charge is 0.386 e. The van der Waals surface area contributed by atoms with Crippen molar-refractivity contribution in [2.24, 2.45) is 0 Å². The van der Waals surface area contributed by atoms with Crippen molar-refractivity contribution in [3.63, 3.8) is 0 Å². The van der Waals surface area contributed by atoms with Gasteiger partial charge >= 0.3 is 11.9 Å². The fourth-order valence-electron chi connectivity index (χ4n) is 6.18. The molecule has 0 N–H and O–H groups in total. The van der Waals surface area contributed by atoms with E-state index in [1.807, 2.05) is 84.2 Å². The molecule has 252 valence electrons. The molecule has 0 unspecified atom stereocenters. The standard InChI is InChI=1S/C42H54O3S2/c1-3-5-7-9-11-13-15-21-31-46-39-29-27-37(33-23-17-19-25-35(33)39)41(43)45-42(44)38-28-30-40(36-26-20-18-24-34(36)38)47-32-22-16-14-12-10-8-6-4-2/h17-20,23-30H,3-16,21-22,31-32H2,1-2H3. The van der Waals surface area contributed by atoms with Crippen LogP contribution in [-0.2, 0) is 4.74 Å². The third-order valence-electron chi connectivity index (χ3n) is 8.90. The Labute approximate surface area is 292 Å². The number of fused-ring (bicyclic) bond motifs is 2. The smallest absolute Gasteiger partial charge is 0.346 e. The maximum absolute atomic E-state index is 13.4. The van der Waals surface area contributed by atoms with E-state index in [-0.39, 0.29) is 0 Å². The Kier molecular flexibility index (Phi) is 16.8. The van der Waals surface area contributed by atoms with Gasteiger partial charge in [0.25, 0.3) is 0 Å². The molecule has 4 aromatic carbocycles. The number of carbonyl (C=O) groups excluding carboxylic acids is 2. The molecule has 4 aromatic rings. The van der Waals surface area contributed by atoms with Gasteiger partial charge in [-0.2, -0.15) is 0 Å². The molecule has 0 saturated carbocycles. The molecule has 0 heterocycles. The van der Waals surface area contributed by atoms with Crippen molar-refractivity contribution in [3.8, 4) is 0 Å². The van der Waals surface area contributed by atoms with Gasteiger partial charge in [0, 0.05) is 9.79 Å². The highest BCUT2D eigenvalue weighted by Crippen LogP contribution is 2.33. The highest BCUT2D eigenvalue weighted by Gasteiger charge is 2.21. The second kappa shape index (κ2) is 21.3. The quantitative estimate of drug-likeness (QED) is 0.0360. The van der Waals surface area contributed by atoms with Crippen molar-refractivity contribution in [1.82, 2.24) is 0 Å². The molecule has 4 rings (SSSR count). The summed E-state index contributed by atoms with van der Waals surface area (Å²) in [6.07, 6.45) is 20.9. The van der Waals surface area contributed by atoms with E-state index in [0.717, 1.165) is 42.8 Å². The number of benzene rings is 4. The lowest BCUT2D eigenvalue weighted by molar-refractivity contribution is 0.0400. The molecule has 0 aliphatic heterocycles. The van der Waals surface area contributed by atoms with Gasteiger partial charge in [-0.15, -0.1) is 23.5 Å². The van der Waals surface area contributed by atoms with Gasteiger partial charge in [0.2, 0.25) is 0 Å². The van der Waals surface area contributed by atoms with Crippen molar-refractivity contribution in [2.75, 3.05) is 11.5 Å². The first kappa shape index (κ1) is 37.1. The van der Waals surface area contributed by atoms with E-state index in [1.54, 1.807) is 0 Å².